The number of carbonyl (C=O) groups is 1. The average Bonchev–Trinajstić information content (AvgIpc) is 3.52. The Hall–Kier alpha value is -5.06. The molecule has 0 saturated heterocycles. The van der Waals surface area contributed by atoms with E-state index in [4.69, 9.17) is 10.3 Å². The summed E-state index contributed by atoms with van der Waals surface area (Å²) in [4.78, 5) is 21.0. The second-order valence-corrected chi connectivity index (χ2v) is 7.51. The topological polar surface area (TPSA) is 145 Å². The third kappa shape index (κ3) is 4.42. The number of halogens is 1. The van der Waals surface area contributed by atoms with Gasteiger partial charge in [-0.3, -0.25) is 9.48 Å². The molecule has 0 aliphatic carbocycles. The van der Waals surface area contributed by atoms with Crippen molar-refractivity contribution in [3.63, 3.8) is 0 Å². The number of amides is 1. The number of phenols is 1. The molecule has 0 fully saturated rings. The highest BCUT2D eigenvalue weighted by Gasteiger charge is 2.19. The number of anilines is 2. The molecule has 0 aliphatic rings. The molecule has 174 valence electrons. The minimum atomic E-state index is -0.561. The Bertz CT molecular complexity index is 1520. The number of hydrogen-bond acceptors (Lipinski definition) is 8. The van der Waals surface area contributed by atoms with Crippen molar-refractivity contribution in [1.29, 1.82) is 0 Å². The number of nitrogen functional groups attached to an aromatic ring is 1. The number of phenolic OH excluding ortho intramolecular Hbond substituents is 1. The van der Waals surface area contributed by atoms with Crippen molar-refractivity contribution in [3.05, 3.63) is 90.1 Å². The Morgan fingerprint density at radius 1 is 1.11 bits per heavy atom. The van der Waals surface area contributed by atoms with Gasteiger partial charge in [-0.25, -0.2) is 14.4 Å². The van der Waals surface area contributed by atoms with Crippen molar-refractivity contribution >= 4 is 17.4 Å². The van der Waals surface area contributed by atoms with Crippen molar-refractivity contribution in [2.75, 3.05) is 11.1 Å². The predicted molar refractivity (Wildman–Crippen MR) is 125 cm³/mol. The zero-order valence-electron chi connectivity index (χ0n) is 18.1. The zero-order chi connectivity index (χ0) is 24.4. The molecular weight excluding hydrogens is 453 g/mol. The van der Waals surface area contributed by atoms with Crippen molar-refractivity contribution in [2.24, 2.45) is 0 Å². The van der Waals surface area contributed by atoms with Crippen LogP contribution in [0, 0.1) is 5.82 Å². The van der Waals surface area contributed by atoms with E-state index in [9.17, 15) is 14.3 Å². The Labute approximate surface area is 197 Å². The molecule has 0 aliphatic heterocycles. The number of carbonyl (C=O) groups excluding carboxylic acids is 1. The lowest BCUT2D eigenvalue weighted by Crippen LogP contribution is -2.14. The molecule has 2 aromatic carbocycles. The van der Waals surface area contributed by atoms with E-state index in [-0.39, 0.29) is 41.0 Å². The minimum absolute atomic E-state index is 0.00501. The van der Waals surface area contributed by atoms with Gasteiger partial charge in [-0.05, 0) is 24.3 Å². The minimum Gasteiger partial charge on any atom is -0.507 e. The van der Waals surface area contributed by atoms with Crippen LogP contribution in [0.25, 0.3) is 22.9 Å². The molecule has 5 aromatic rings. The van der Waals surface area contributed by atoms with E-state index in [0.717, 1.165) is 0 Å². The van der Waals surface area contributed by atoms with E-state index < -0.39 is 5.91 Å². The first-order valence-electron chi connectivity index (χ1n) is 10.4. The van der Waals surface area contributed by atoms with Gasteiger partial charge in [-0.2, -0.15) is 5.10 Å². The van der Waals surface area contributed by atoms with Gasteiger partial charge in [0.25, 0.3) is 5.91 Å². The van der Waals surface area contributed by atoms with E-state index in [0.29, 0.717) is 22.6 Å². The van der Waals surface area contributed by atoms with Crippen LogP contribution in [0.1, 0.15) is 15.9 Å². The normalized spacial score (nSPS) is 10.9. The predicted octanol–water partition coefficient (Wildman–Crippen LogP) is 3.72. The van der Waals surface area contributed by atoms with Crippen LogP contribution in [0.2, 0.25) is 0 Å². The fourth-order valence-electron chi connectivity index (χ4n) is 3.46. The lowest BCUT2D eigenvalue weighted by molar-refractivity contribution is 0.102. The molecule has 3 aromatic heterocycles. The summed E-state index contributed by atoms with van der Waals surface area (Å²) in [6.45, 7) is 0.138. The van der Waals surface area contributed by atoms with E-state index in [1.807, 2.05) is 0 Å². The second-order valence-electron chi connectivity index (χ2n) is 7.51. The van der Waals surface area contributed by atoms with Crippen LogP contribution in [0.5, 0.6) is 5.75 Å². The molecule has 0 radical (unpaired) electrons. The molecule has 3 heterocycles. The van der Waals surface area contributed by atoms with E-state index >= 15 is 0 Å². The highest BCUT2D eigenvalue weighted by atomic mass is 19.1. The number of hydrogen-bond donors (Lipinski definition) is 3. The quantitative estimate of drug-likeness (QED) is 0.340. The van der Waals surface area contributed by atoms with Crippen molar-refractivity contribution in [2.45, 2.75) is 6.54 Å². The first kappa shape index (κ1) is 21.8. The molecule has 35 heavy (non-hydrogen) atoms. The molecule has 10 nitrogen and oxygen atoms in total. The van der Waals surface area contributed by atoms with Gasteiger partial charge in [0.05, 0.1) is 24.0 Å². The maximum atomic E-state index is 14.3. The number of rotatable bonds is 6. The summed E-state index contributed by atoms with van der Waals surface area (Å²) in [5.41, 5.74) is 8.19. The standard InChI is InChI=1S/C24H18FN7O3/c25-16-7-3-1-5-14(16)13-32-20(17-9-10-35-31-17)11-18(30-32)23-27-12-19(22(26)29-23)28-24(34)15-6-2-4-8-21(15)33/h1-12,33H,13H2,(H,28,34)(H2,26,27,29). The first-order chi connectivity index (χ1) is 17.0. The van der Waals surface area contributed by atoms with E-state index in [2.05, 4.69) is 25.5 Å². The fourth-order valence-corrected chi connectivity index (χ4v) is 3.46. The molecule has 0 bridgehead atoms. The van der Waals surface area contributed by atoms with Crippen molar-refractivity contribution in [1.82, 2.24) is 24.9 Å². The lowest BCUT2D eigenvalue weighted by atomic mass is 10.2. The maximum absolute atomic E-state index is 14.3. The Kier molecular flexibility index (Phi) is 5.63. The van der Waals surface area contributed by atoms with Crippen LogP contribution in [0.4, 0.5) is 15.9 Å². The molecule has 0 atom stereocenters. The van der Waals surface area contributed by atoms with Crippen molar-refractivity contribution in [3.8, 4) is 28.7 Å². The fraction of sp³-hybridized carbons (Fsp3) is 0.0417. The van der Waals surface area contributed by atoms with Gasteiger partial charge in [-0.1, -0.05) is 35.5 Å². The largest absolute Gasteiger partial charge is 0.507 e. The van der Waals surface area contributed by atoms with Gasteiger partial charge in [-0.15, -0.1) is 0 Å². The Morgan fingerprint density at radius 2 is 1.91 bits per heavy atom. The van der Waals surface area contributed by atoms with Crippen LogP contribution in [0.3, 0.4) is 0 Å². The average molecular weight is 471 g/mol. The molecule has 5 rings (SSSR count). The summed E-state index contributed by atoms with van der Waals surface area (Å²) in [5.74, 6) is -0.887. The van der Waals surface area contributed by atoms with E-state index in [1.165, 1.54) is 30.7 Å². The number of para-hydroxylation sites is 1. The zero-order valence-corrected chi connectivity index (χ0v) is 18.1. The molecule has 11 heteroatoms. The highest BCUT2D eigenvalue weighted by molar-refractivity contribution is 6.07. The summed E-state index contributed by atoms with van der Waals surface area (Å²) in [6, 6.07) is 15.9. The Balaban J connectivity index is 1.46. The third-order valence-corrected chi connectivity index (χ3v) is 5.20. The summed E-state index contributed by atoms with van der Waals surface area (Å²) in [7, 11) is 0. The number of nitrogens with two attached hydrogens (primary N) is 1. The number of benzene rings is 2. The summed E-state index contributed by atoms with van der Waals surface area (Å²) in [6.07, 6.45) is 2.77. The molecule has 0 unspecified atom stereocenters. The molecule has 0 saturated carbocycles. The molecule has 4 N–H and O–H groups in total. The van der Waals surface area contributed by atoms with Gasteiger partial charge < -0.3 is 20.7 Å². The molecule has 0 spiro atoms. The summed E-state index contributed by atoms with van der Waals surface area (Å²) < 4.78 is 20.8. The first-order valence-corrected chi connectivity index (χ1v) is 10.4. The SMILES string of the molecule is Nc1nc(-c2cc(-c3ccon3)n(Cc3ccccc3F)n2)ncc1NC(=O)c1ccccc1O. The Morgan fingerprint density at radius 3 is 2.66 bits per heavy atom. The summed E-state index contributed by atoms with van der Waals surface area (Å²) in [5, 5.41) is 21.0. The van der Waals surface area contributed by atoms with Crippen LogP contribution in [0.15, 0.2) is 77.6 Å². The van der Waals surface area contributed by atoms with Crippen molar-refractivity contribution < 1.29 is 18.8 Å². The van der Waals surface area contributed by atoms with Crippen LogP contribution in [-0.4, -0.2) is 35.9 Å². The molecular formula is C24H18FN7O3. The van der Waals surface area contributed by atoms with Crippen LogP contribution < -0.4 is 11.1 Å². The maximum Gasteiger partial charge on any atom is 0.259 e. The van der Waals surface area contributed by atoms with Gasteiger partial charge in [0, 0.05) is 11.6 Å². The number of nitrogens with zero attached hydrogens (tertiary/aromatic N) is 5. The number of aromatic nitrogens is 5. The van der Waals surface area contributed by atoms with Gasteiger partial charge in [0.15, 0.2) is 11.6 Å². The lowest BCUT2D eigenvalue weighted by Gasteiger charge is -2.09. The highest BCUT2D eigenvalue weighted by Crippen LogP contribution is 2.27. The number of aromatic hydroxyl groups is 1. The van der Waals surface area contributed by atoms with Gasteiger partial charge >= 0.3 is 0 Å². The summed E-state index contributed by atoms with van der Waals surface area (Å²) >= 11 is 0. The van der Waals surface area contributed by atoms with Gasteiger partial charge in [0.1, 0.15) is 34.9 Å². The van der Waals surface area contributed by atoms with Crippen LogP contribution in [-0.2, 0) is 6.54 Å². The second kappa shape index (κ2) is 9.06. The number of nitrogens with one attached hydrogen (secondary N) is 1. The van der Waals surface area contributed by atoms with Gasteiger partial charge in [0.2, 0.25) is 0 Å². The van der Waals surface area contributed by atoms with E-state index in [1.54, 1.807) is 47.1 Å². The molecule has 1 amide bonds. The van der Waals surface area contributed by atoms with Crippen LogP contribution >= 0.6 is 0 Å². The smallest absolute Gasteiger partial charge is 0.259 e. The third-order valence-electron chi connectivity index (χ3n) is 5.20. The monoisotopic (exact) mass is 471 g/mol.